The molecule has 0 saturated carbocycles. The van der Waals surface area contributed by atoms with Crippen LogP contribution in [0.2, 0.25) is 0 Å². The lowest BCUT2D eigenvalue weighted by atomic mass is 10.2. The van der Waals surface area contributed by atoms with Crippen LogP contribution in [0.15, 0.2) is 24.3 Å². The Kier molecular flexibility index (Phi) is 4.86. The summed E-state index contributed by atoms with van der Waals surface area (Å²) < 4.78 is 25.0. The third-order valence-corrected chi connectivity index (χ3v) is 4.38. The van der Waals surface area contributed by atoms with Gasteiger partial charge in [0.15, 0.2) is 0 Å². The second-order valence-corrected chi connectivity index (χ2v) is 6.29. The van der Waals surface area contributed by atoms with Gasteiger partial charge in [0.25, 0.3) is 0 Å². The zero-order chi connectivity index (χ0) is 13.8. The summed E-state index contributed by atoms with van der Waals surface area (Å²) in [5.41, 5.74) is 1.70. The van der Waals surface area contributed by atoms with Crippen molar-refractivity contribution in [3.05, 3.63) is 35.4 Å². The number of carbonyl (C=O) groups is 1. The minimum atomic E-state index is -3.46. The highest BCUT2D eigenvalue weighted by molar-refractivity contribution is 7.88. The molecular formula is C12H17NO4S. The fourth-order valence-electron chi connectivity index (χ4n) is 1.51. The first-order valence-corrected chi connectivity index (χ1v) is 7.13. The number of hydrogen-bond donors (Lipinski definition) is 1. The molecule has 1 aromatic carbocycles. The van der Waals surface area contributed by atoms with Crippen molar-refractivity contribution in [3.63, 3.8) is 0 Å². The first kappa shape index (κ1) is 14.7. The Morgan fingerprint density at radius 1 is 1.39 bits per heavy atom. The summed E-state index contributed by atoms with van der Waals surface area (Å²) in [6.07, 6.45) is -0.191. The molecule has 0 bridgehead atoms. The van der Waals surface area contributed by atoms with E-state index in [1.807, 2.05) is 19.1 Å². The maximum atomic E-state index is 12.0. The number of hydrogen-bond acceptors (Lipinski definition) is 3. The highest BCUT2D eigenvalue weighted by Crippen LogP contribution is 2.11. The first-order chi connectivity index (χ1) is 8.31. The fourth-order valence-corrected chi connectivity index (χ4v) is 2.71. The van der Waals surface area contributed by atoms with E-state index in [4.69, 9.17) is 5.11 Å². The molecule has 0 unspecified atom stereocenters. The number of rotatable bonds is 6. The summed E-state index contributed by atoms with van der Waals surface area (Å²) in [4.78, 5) is 10.4. The van der Waals surface area contributed by atoms with Crippen molar-refractivity contribution < 1.29 is 18.3 Å². The van der Waals surface area contributed by atoms with Crippen molar-refractivity contribution in [2.75, 3.05) is 13.6 Å². The molecule has 0 aromatic heterocycles. The Morgan fingerprint density at radius 2 is 2.06 bits per heavy atom. The fraction of sp³-hybridized carbons (Fsp3) is 0.417. The van der Waals surface area contributed by atoms with Crippen molar-refractivity contribution in [1.29, 1.82) is 0 Å². The lowest BCUT2D eigenvalue weighted by Gasteiger charge is -2.16. The topological polar surface area (TPSA) is 74.7 Å². The molecule has 0 amide bonds. The lowest BCUT2D eigenvalue weighted by Crippen LogP contribution is -2.30. The van der Waals surface area contributed by atoms with E-state index >= 15 is 0 Å². The van der Waals surface area contributed by atoms with Crippen LogP contribution >= 0.6 is 0 Å². The van der Waals surface area contributed by atoms with Gasteiger partial charge in [-0.1, -0.05) is 29.8 Å². The molecular weight excluding hydrogens is 254 g/mol. The van der Waals surface area contributed by atoms with E-state index in [9.17, 15) is 13.2 Å². The largest absolute Gasteiger partial charge is 0.481 e. The van der Waals surface area contributed by atoms with Gasteiger partial charge < -0.3 is 5.11 Å². The van der Waals surface area contributed by atoms with Gasteiger partial charge in [0, 0.05) is 13.6 Å². The van der Waals surface area contributed by atoms with Gasteiger partial charge in [-0.3, -0.25) is 4.79 Å². The predicted octanol–water partition coefficient (Wildman–Crippen LogP) is 1.23. The first-order valence-electron chi connectivity index (χ1n) is 5.52. The molecule has 0 heterocycles. The molecule has 0 atom stereocenters. The van der Waals surface area contributed by atoms with Crippen LogP contribution in [-0.2, 0) is 20.6 Å². The third kappa shape index (κ3) is 4.46. The van der Waals surface area contributed by atoms with E-state index in [1.165, 1.54) is 7.05 Å². The van der Waals surface area contributed by atoms with E-state index in [2.05, 4.69) is 0 Å². The van der Waals surface area contributed by atoms with Crippen molar-refractivity contribution in [2.45, 2.75) is 19.1 Å². The number of carboxylic acids is 1. The van der Waals surface area contributed by atoms with Crippen LogP contribution in [0.5, 0.6) is 0 Å². The standard InChI is InChI=1S/C12H17NO4S/c1-10-4-3-5-11(8-10)9-18(16,17)13(2)7-6-12(14)15/h3-5,8H,6-7,9H2,1-2H3,(H,14,15). The van der Waals surface area contributed by atoms with Crippen LogP contribution in [0.3, 0.4) is 0 Å². The molecule has 0 saturated heterocycles. The van der Waals surface area contributed by atoms with Crippen LogP contribution in [-0.4, -0.2) is 37.4 Å². The van der Waals surface area contributed by atoms with Gasteiger partial charge in [0.05, 0.1) is 12.2 Å². The molecule has 0 aliphatic carbocycles. The van der Waals surface area contributed by atoms with Gasteiger partial charge in [0.2, 0.25) is 10.0 Å². The van der Waals surface area contributed by atoms with Gasteiger partial charge in [-0.2, -0.15) is 0 Å². The Bertz CT molecular complexity index is 525. The molecule has 0 aliphatic heterocycles. The molecule has 5 nitrogen and oxygen atoms in total. The molecule has 18 heavy (non-hydrogen) atoms. The summed E-state index contributed by atoms with van der Waals surface area (Å²) in [6, 6.07) is 7.25. The van der Waals surface area contributed by atoms with Gasteiger partial charge in [-0.15, -0.1) is 0 Å². The molecule has 0 radical (unpaired) electrons. The van der Waals surface area contributed by atoms with E-state index in [1.54, 1.807) is 12.1 Å². The van der Waals surface area contributed by atoms with Crippen LogP contribution in [0.4, 0.5) is 0 Å². The Labute approximate surface area is 107 Å². The Balaban J connectivity index is 2.72. The second kappa shape index (κ2) is 5.97. The maximum Gasteiger partial charge on any atom is 0.304 e. The van der Waals surface area contributed by atoms with E-state index < -0.39 is 16.0 Å². The number of benzene rings is 1. The summed E-state index contributed by atoms with van der Waals surface area (Å²) in [7, 11) is -2.06. The third-order valence-electron chi connectivity index (χ3n) is 2.55. The zero-order valence-electron chi connectivity index (χ0n) is 10.5. The minimum Gasteiger partial charge on any atom is -0.481 e. The van der Waals surface area contributed by atoms with Gasteiger partial charge >= 0.3 is 5.97 Å². The monoisotopic (exact) mass is 271 g/mol. The number of carboxylic acid groups (broad SMARTS) is 1. The second-order valence-electron chi connectivity index (χ2n) is 4.21. The summed E-state index contributed by atoms with van der Waals surface area (Å²) in [5.74, 6) is -1.11. The molecule has 100 valence electrons. The minimum absolute atomic E-state index is 0.0104. The molecule has 0 aliphatic rings. The van der Waals surface area contributed by atoms with Gasteiger partial charge in [0.1, 0.15) is 0 Å². The zero-order valence-corrected chi connectivity index (χ0v) is 11.3. The number of aryl methyl sites for hydroxylation is 1. The summed E-state index contributed by atoms with van der Waals surface area (Å²) in [5, 5.41) is 8.53. The molecule has 1 aromatic rings. The van der Waals surface area contributed by atoms with Gasteiger partial charge in [-0.25, -0.2) is 12.7 Å². The van der Waals surface area contributed by atoms with Crippen LogP contribution in [0, 0.1) is 6.92 Å². The number of nitrogens with zero attached hydrogens (tertiary/aromatic N) is 1. The van der Waals surface area contributed by atoms with Crippen molar-refractivity contribution in [3.8, 4) is 0 Å². The molecule has 0 spiro atoms. The number of sulfonamides is 1. The van der Waals surface area contributed by atoms with Crippen LogP contribution in [0.1, 0.15) is 17.5 Å². The van der Waals surface area contributed by atoms with Gasteiger partial charge in [-0.05, 0) is 12.5 Å². The molecule has 6 heteroatoms. The predicted molar refractivity (Wildman–Crippen MR) is 68.7 cm³/mol. The SMILES string of the molecule is Cc1cccc(CS(=O)(=O)N(C)CCC(=O)O)c1. The van der Waals surface area contributed by atoms with Crippen molar-refractivity contribution in [1.82, 2.24) is 4.31 Å². The normalized spacial score (nSPS) is 11.7. The molecule has 1 rings (SSSR count). The van der Waals surface area contributed by atoms with E-state index in [-0.39, 0.29) is 18.7 Å². The quantitative estimate of drug-likeness (QED) is 0.844. The van der Waals surface area contributed by atoms with E-state index in [0.717, 1.165) is 9.87 Å². The molecule has 0 fully saturated rings. The Hall–Kier alpha value is -1.40. The average Bonchev–Trinajstić information content (AvgIpc) is 2.25. The molecule has 1 N–H and O–H groups in total. The highest BCUT2D eigenvalue weighted by atomic mass is 32.2. The van der Waals surface area contributed by atoms with Crippen LogP contribution < -0.4 is 0 Å². The highest BCUT2D eigenvalue weighted by Gasteiger charge is 2.19. The summed E-state index contributed by atoms with van der Waals surface area (Å²) >= 11 is 0. The number of aliphatic carboxylic acids is 1. The summed E-state index contributed by atoms with van der Waals surface area (Å²) in [6.45, 7) is 1.88. The Morgan fingerprint density at radius 3 is 2.61 bits per heavy atom. The van der Waals surface area contributed by atoms with E-state index in [0.29, 0.717) is 5.56 Å². The smallest absolute Gasteiger partial charge is 0.304 e. The van der Waals surface area contributed by atoms with Crippen molar-refractivity contribution >= 4 is 16.0 Å². The maximum absolute atomic E-state index is 12.0. The van der Waals surface area contributed by atoms with Crippen molar-refractivity contribution in [2.24, 2.45) is 0 Å². The van der Waals surface area contributed by atoms with Crippen LogP contribution in [0.25, 0.3) is 0 Å². The lowest BCUT2D eigenvalue weighted by molar-refractivity contribution is -0.137. The average molecular weight is 271 g/mol.